The molecular formula is C13H22N2O5. The Labute approximate surface area is 117 Å². The van der Waals surface area contributed by atoms with Crippen molar-refractivity contribution in [3.63, 3.8) is 0 Å². The number of nitrogens with zero attached hydrogens (tertiary/aromatic N) is 1. The van der Waals surface area contributed by atoms with Gasteiger partial charge >= 0.3 is 11.9 Å². The maximum atomic E-state index is 11.8. The van der Waals surface area contributed by atoms with Gasteiger partial charge in [-0.25, -0.2) is 0 Å². The zero-order valence-electron chi connectivity index (χ0n) is 11.7. The van der Waals surface area contributed by atoms with Gasteiger partial charge in [-0.15, -0.1) is 0 Å². The third kappa shape index (κ3) is 6.51. The summed E-state index contributed by atoms with van der Waals surface area (Å²) in [4.78, 5) is 34.2. The molecule has 114 valence electrons. The predicted molar refractivity (Wildman–Crippen MR) is 71.3 cm³/mol. The zero-order valence-corrected chi connectivity index (χ0v) is 11.7. The number of nitrogens with one attached hydrogen (secondary N) is 1. The van der Waals surface area contributed by atoms with Gasteiger partial charge in [0.2, 0.25) is 5.91 Å². The molecule has 0 heterocycles. The van der Waals surface area contributed by atoms with Crippen LogP contribution in [0.5, 0.6) is 0 Å². The molecule has 3 N–H and O–H groups in total. The number of aliphatic carboxylic acids is 2. The van der Waals surface area contributed by atoms with Crippen LogP contribution in [-0.4, -0.2) is 58.6 Å². The van der Waals surface area contributed by atoms with Gasteiger partial charge in [0.1, 0.15) is 0 Å². The van der Waals surface area contributed by atoms with Crippen LogP contribution in [0.4, 0.5) is 0 Å². The second kappa shape index (κ2) is 7.84. The molecule has 0 aromatic rings. The molecule has 1 saturated carbocycles. The van der Waals surface area contributed by atoms with E-state index < -0.39 is 25.0 Å². The summed E-state index contributed by atoms with van der Waals surface area (Å²) in [7, 11) is 0. The van der Waals surface area contributed by atoms with Gasteiger partial charge in [-0.05, 0) is 31.6 Å². The van der Waals surface area contributed by atoms with Crippen LogP contribution >= 0.6 is 0 Å². The highest BCUT2D eigenvalue weighted by Crippen LogP contribution is 2.23. The fraction of sp³-hybridized carbons (Fsp3) is 0.769. The summed E-state index contributed by atoms with van der Waals surface area (Å²) in [6.07, 6.45) is 3.98. The molecule has 0 aliphatic heterocycles. The Hall–Kier alpha value is -1.63. The Kier molecular flexibility index (Phi) is 6.44. The topological polar surface area (TPSA) is 107 Å². The van der Waals surface area contributed by atoms with Gasteiger partial charge in [0, 0.05) is 6.04 Å². The molecule has 7 heteroatoms. The lowest BCUT2D eigenvalue weighted by molar-refractivity contribution is -0.142. The normalized spacial score (nSPS) is 22.5. The first-order valence-electron chi connectivity index (χ1n) is 6.82. The minimum atomic E-state index is -1.15. The van der Waals surface area contributed by atoms with Gasteiger partial charge < -0.3 is 15.5 Å². The lowest BCUT2D eigenvalue weighted by Gasteiger charge is -2.27. The van der Waals surface area contributed by atoms with E-state index in [1.54, 1.807) is 0 Å². The van der Waals surface area contributed by atoms with Gasteiger partial charge in [-0.3, -0.25) is 19.3 Å². The Bertz CT molecular complexity index is 348. The lowest BCUT2D eigenvalue weighted by Crippen LogP contribution is -2.45. The molecular weight excluding hydrogens is 264 g/mol. The molecule has 0 spiro atoms. The van der Waals surface area contributed by atoms with E-state index in [2.05, 4.69) is 12.2 Å². The average Bonchev–Trinajstić information content (AvgIpc) is 2.30. The van der Waals surface area contributed by atoms with Crippen molar-refractivity contribution >= 4 is 17.8 Å². The second-order valence-electron chi connectivity index (χ2n) is 5.46. The minimum absolute atomic E-state index is 0.121. The van der Waals surface area contributed by atoms with Crippen molar-refractivity contribution in [3.05, 3.63) is 0 Å². The Morgan fingerprint density at radius 2 is 1.50 bits per heavy atom. The number of amides is 1. The minimum Gasteiger partial charge on any atom is -0.480 e. The van der Waals surface area contributed by atoms with E-state index in [1.807, 2.05) is 0 Å². The molecule has 0 atom stereocenters. The van der Waals surface area contributed by atoms with Crippen LogP contribution in [0.3, 0.4) is 0 Å². The maximum absolute atomic E-state index is 11.8. The van der Waals surface area contributed by atoms with Crippen LogP contribution in [0.2, 0.25) is 0 Å². The summed E-state index contributed by atoms with van der Waals surface area (Å²) < 4.78 is 0. The van der Waals surface area contributed by atoms with E-state index in [9.17, 15) is 14.4 Å². The van der Waals surface area contributed by atoms with Gasteiger partial charge in [-0.2, -0.15) is 0 Å². The van der Waals surface area contributed by atoms with Gasteiger partial charge in [0.25, 0.3) is 0 Å². The van der Waals surface area contributed by atoms with E-state index in [4.69, 9.17) is 10.2 Å². The molecule has 20 heavy (non-hydrogen) atoms. The molecule has 1 amide bonds. The number of carboxylic acids is 2. The van der Waals surface area contributed by atoms with Crippen LogP contribution < -0.4 is 5.32 Å². The lowest BCUT2D eigenvalue weighted by atomic mass is 9.87. The molecule has 0 unspecified atom stereocenters. The van der Waals surface area contributed by atoms with Crippen molar-refractivity contribution in [2.45, 2.75) is 38.6 Å². The molecule has 7 nitrogen and oxygen atoms in total. The first kappa shape index (κ1) is 16.4. The van der Waals surface area contributed by atoms with E-state index in [1.165, 1.54) is 0 Å². The fourth-order valence-corrected chi connectivity index (χ4v) is 2.43. The van der Waals surface area contributed by atoms with Crippen LogP contribution in [-0.2, 0) is 14.4 Å². The fourth-order valence-electron chi connectivity index (χ4n) is 2.43. The Morgan fingerprint density at radius 3 is 1.95 bits per heavy atom. The summed E-state index contributed by atoms with van der Waals surface area (Å²) in [5.74, 6) is -1.93. The van der Waals surface area contributed by atoms with E-state index >= 15 is 0 Å². The molecule has 0 aromatic carbocycles. The third-order valence-corrected chi connectivity index (χ3v) is 3.47. The first-order valence-corrected chi connectivity index (χ1v) is 6.82. The summed E-state index contributed by atoms with van der Waals surface area (Å²) in [5.41, 5.74) is 0. The van der Waals surface area contributed by atoms with Gasteiger partial charge in [-0.1, -0.05) is 6.92 Å². The largest absolute Gasteiger partial charge is 0.480 e. The smallest absolute Gasteiger partial charge is 0.317 e. The van der Waals surface area contributed by atoms with Crippen molar-refractivity contribution in [3.8, 4) is 0 Å². The predicted octanol–water partition coefficient (Wildman–Crippen LogP) is 0.153. The molecule has 1 aliphatic rings. The van der Waals surface area contributed by atoms with Crippen LogP contribution in [0.1, 0.15) is 32.6 Å². The molecule has 1 fully saturated rings. The van der Waals surface area contributed by atoms with E-state index in [-0.39, 0.29) is 18.5 Å². The number of carbonyl (C=O) groups is 3. The molecule has 1 rings (SSSR count). The van der Waals surface area contributed by atoms with Crippen molar-refractivity contribution in [2.75, 3.05) is 19.6 Å². The maximum Gasteiger partial charge on any atom is 0.317 e. The zero-order chi connectivity index (χ0) is 15.1. The van der Waals surface area contributed by atoms with Crippen LogP contribution in [0, 0.1) is 5.92 Å². The molecule has 1 aliphatic carbocycles. The highest BCUT2D eigenvalue weighted by Gasteiger charge is 2.22. The summed E-state index contributed by atoms with van der Waals surface area (Å²) in [6, 6.07) is 0.121. The number of hydrogen-bond acceptors (Lipinski definition) is 4. The Morgan fingerprint density at radius 1 is 1.00 bits per heavy atom. The van der Waals surface area contributed by atoms with E-state index in [0.717, 1.165) is 30.6 Å². The van der Waals surface area contributed by atoms with Crippen molar-refractivity contribution in [2.24, 2.45) is 5.92 Å². The van der Waals surface area contributed by atoms with Crippen molar-refractivity contribution < 1.29 is 24.6 Å². The first-order chi connectivity index (χ1) is 9.36. The summed E-state index contributed by atoms with van der Waals surface area (Å²) in [5, 5.41) is 20.2. The number of carboxylic acid groups (broad SMARTS) is 2. The average molecular weight is 286 g/mol. The highest BCUT2D eigenvalue weighted by atomic mass is 16.4. The second-order valence-corrected chi connectivity index (χ2v) is 5.46. The van der Waals surface area contributed by atoms with E-state index in [0.29, 0.717) is 5.92 Å². The van der Waals surface area contributed by atoms with Crippen LogP contribution in [0.15, 0.2) is 0 Å². The highest BCUT2D eigenvalue weighted by molar-refractivity contribution is 5.80. The molecule has 0 bridgehead atoms. The van der Waals surface area contributed by atoms with Crippen LogP contribution in [0.25, 0.3) is 0 Å². The van der Waals surface area contributed by atoms with Crippen molar-refractivity contribution in [1.29, 1.82) is 0 Å². The number of rotatable bonds is 7. The molecule has 0 radical (unpaired) electrons. The van der Waals surface area contributed by atoms with Crippen molar-refractivity contribution in [1.82, 2.24) is 10.2 Å². The van der Waals surface area contributed by atoms with Gasteiger partial charge in [0.15, 0.2) is 0 Å². The van der Waals surface area contributed by atoms with Gasteiger partial charge in [0.05, 0.1) is 19.6 Å². The summed E-state index contributed by atoms with van der Waals surface area (Å²) in [6.45, 7) is 1.06. The molecule has 0 saturated heterocycles. The standard InChI is InChI=1S/C13H22N2O5/c1-9-2-4-10(5-3-9)14-11(16)6-15(7-12(17)18)8-13(19)20/h9-10H,2-8H2,1H3,(H,14,16)(H,17,18)(H,19,20). The summed E-state index contributed by atoms with van der Waals surface area (Å²) >= 11 is 0. The number of hydrogen-bond donors (Lipinski definition) is 3. The third-order valence-electron chi connectivity index (χ3n) is 3.47. The monoisotopic (exact) mass is 286 g/mol. The SMILES string of the molecule is CC1CCC(NC(=O)CN(CC(=O)O)CC(=O)O)CC1. The quantitative estimate of drug-likeness (QED) is 0.615. The molecule has 0 aromatic heterocycles. The Balaban J connectivity index is 2.40. The number of carbonyl (C=O) groups excluding carboxylic acids is 1.